The molecule has 9 heteroatoms. The summed E-state index contributed by atoms with van der Waals surface area (Å²) in [6.45, 7) is 5.87. The maximum Gasteiger partial charge on any atom is 0.336 e. The van der Waals surface area contributed by atoms with Crippen molar-refractivity contribution in [2.24, 2.45) is 0 Å². The van der Waals surface area contributed by atoms with Gasteiger partial charge in [0.2, 0.25) is 0 Å². The fourth-order valence-electron chi connectivity index (χ4n) is 4.68. The van der Waals surface area contributed by atoms with Gasteiger partial charge in [0.05, 0.1) is 23.2 Å². The third-order valence-electron chi connectivity index (χ3n) is 6.18. The largest absolute Gasteiger partial charge is 0.460 e. The van der Waals surface area contributed by atoms with Gasteiger partial charge in [0, 0.05) is 52.2 Å². The number of benzene rings is 1. The highest BCUT2D eigenvalue weighted by Gasteiger charge is 2.42. The predicted molar refractivity (Wildman–Crippen MR) is 132 cm³/mol. The van der Waals surface area contributed by atoms with Gasteiger partial charge in [-0.2, -0.15) is 0 Å². The van der Waals surface area contributed by atoms with Crippen molar-refractivity contribution in [2.45, 2.75) is 51.6 Å². The number of carbonyl (C=O) groups excluding carboxylic acids is 2. The first-order chi connectivity index (χ1) is 16.8. The van der Waals surface area contributed by atoms with Gasteiger partial charge in [-0.1, -0.05) is 18.2 Å². The van der Waals surface area contributed by atoms with Crippen molar-refractivity contribution >= 4 is 28.8 Å². The Hall–Kier alpha value is -3.30. The standard InChI is InChI=1S/C26H28N2O6S/c1-15(2)33-9-10-34-26(30)23-16(3)27-20-13-18(22-8-5-11-35-22)14-21(29)25(20)24(23)17-6-4-7-19(12-17)28(31)32/h4-8,11-12,15,18,24,27H,9-10,13-14H2,1-3H3/t18-,24-/m0/s1. The second kappa shape index (κ2) is 10.5. The molecule has 0 saturated heterocycles. The van der Waals surface area contributed by atoms with Crippen LogP contribution in [0.15, 0.2) is 64.3 Å². The van der Waals surface area contributed by atoms with E-state index in [1.165, 1.54) is 12.1 Å². The minimum Gasteiger partial charge on any atom is -0.460 e. The van der Waals surface area contributed by atoms with Crippen LogP contribution in [0.2, 0.25) is 0 Å². The van der Waals surface area contributed by atoms with Gasteiger partial charge >= 0.3 is 5.97 Å². The van der Waals surface area contributed by atoms with Crippen LogP contribution in [0.1, 0.15) is 55.9 Å². The minimum atomic E-state index is -0.749. The number of rotatable bonds is 8. The van der Waals surface area contributed by atoms with Crippen LogP contribution in [0.4, 0.5) is 5.69 Å². The number of hydrogen-bond acceptors (Lipinski definition) is 8. The van der Waals surface area contributed by atoms with Crippen molar-refractivity contribution < 1.29 is 24.0 Å². The number of nitrogens with zero attached hydrogens (tertiary/aromatic N) is 1. The molecule has 0 radical (unpaired) electrons. The number of carbonyl (C=O) groups is 2. The average Bonchev–Trinajstić information content (AvgIpc) is 3.35. The lowest BCUT2D eigenvalue weighted by molar-refractivity contribution is -0.384. The summed E-state index contributed by atoms with van der Waals surface area (Å²) in [7, 11) is 0. The Balaban J connectivity index is 1.72. The van der Waals surface area contributed by atoms with E-state index in [4.69, 9.17) is 9.47 Å². The molecule has 2 aliphatic rings. The van der Waals surface area contributed by atoms with E-state index in [2.05, 4.69) is 5.32 Å². The summed E-state index contributed by atoms with van der Waals surface area (Å²) in [4.78, 5) is 38.9. The molecule has 0 unspecified atom stereocenters. The molecule has 0 spiro atoms. The van der Waals surface area contributed by atoms with E-state index in [1.807, 2.05) is 31.4 Å². The molecule has 2 aromatic rings. The zero-order valence-electron chi connectivity index (χ0n) is 19.9. The van der Waals surface area contributed by atoms with Gasteiger partial charge < -0.3 is 14.8 Å². The monoisotopic (exact) mass is 496 g/mol. The molecular weight excluding hydrogens is 468 g/mol. The Morgan fingerprint density at radius 1 is 1.23 bits per heavy atom. The molecule has 184 valence electrons. The first-order valence-electron chi connectivity index (χ1n) is 11.6. The number of dihydropyridines is 1. The van der Waals surface area contributed by atoms with Crippen molar-refractivity contribution in [3.63, 3.8) is 0 Å². The maximum atomic E-state index is 13.5. The van der Waals surface area contributed by atoms with Crippen LogP contribution in [0.3, 0.4) is 0 Å². The number of ether oxygens (including phenoxy) is 2. The van der Waals surface area contributed by atoms with Crippen LogP contribution in [0.25, 0.3) is 0 Å². The van der Waals surface area contributed by atoms with E-state index in [0.717, 1.165) is 10.6 Å². The summed E-state index contributed by atoms with van der Waals surface area (Å²) >= 11 is 1.62. The number of esters is 1. The highest BCUT2D eigenvalue weighted by molar-refractivity contribution is 7.10. The summed E-state index contributed by atoms with van der Waals surface area (Å²) in [5, 5.41) is 16.8. The Morgan fingerprint density at radius 2 is 2.03 bits per heavy atom. The molecule has 2 heterocycles. The Kier molecular flexibility index (Phi) is 7.47. The van der Waals surface area contributed by atoms with Gasteiger partial charge in [-0.3, -0.25) is 14.9 Å². The van der Waals surface area contributed by atoms with Gasteiger partial charge in [-0.25, -0.2) is 4.79 Å². The second-order valence-electron chi connectivity index (χ2n) is 8.94. The summed E-state index contributed by atoms with van der Waals surface area (Å²) in [5.74, 6) is -1.34. The number of Topliss-reactive ketones (excluding diaryl/α,β-unsaturated/α-hetero) is 1. The summed E-state index contributed by atoms with van der Waals surface area (Å²) < 4.78 is 11.0. The molecule has 2 atom stereocenters. The van der Waals surface area contributed by atoms with Gasteiger partial charge in [-0.15, -0.1) is 11.3 Å². The lowest BCUT2D eigenvalue weighted by atomic mass is 9.72. The van der Waals surface area contributed by atoms with Gasteiger partial charge in [0.1, 0.15) is 6.61 Å². The van der Waals surface area contributed by atoms with Gasteiger partial charge in [0.25, 0.3) is 5.69 Å². The van der Waals surface area contributed by atoms with E-state index in [9.17, 15) is 19.7 Å². The lowest BCUT2D eigenvalue weighted by Crippen LogP contribution is -2.36. The Bertz CT molecular complexity index is 1200. The third-order valence-corrected chi connectivity index (χ3v) is 7.21. The molecule has 4 rings (SSSR count). The van der Waals surface area contributed by atoms with E-state index >= 15 is 0 Å². The SMILES string of the molecule is CC1=C(C(=O)OCCOC(C)C)[C@H](c2cccc([N+](=O)[O-])c2)C2=C(C[C@H](c3cccs3)CC2=O)N1. The normalized spacial score (nSPS) is 20.1. The highest BCUT2D eigenvalue weighted by atomic mass is 32.1. The number of thiophene rings is 1. The molecule has 1 aromatic heterocycles. The average molecular weight is 497 g/mol. The van der Waals surface area contributed by atoms with Crippen molar-refractivity contribution in [1.29, 1.82) is 0 Å². The van der Waals surface area contributed by atoms with Crippen molar-refractivity contribution in [3.05, 3.63) is 84.9 Å². The number of nitro groups is 1. The number of hydrogen-bond donors (Lipinski definition) is 1. The molecule has 0 bridgehead atoms. The van der Waals surface area contributed by atoms with Crippen LogP contribution in [0.5, 0.6) is 0 Å². The van der Waals surface area contributed by atoms with Crippen molar-refractivity contribution in [1.82, 2.24) is 5.32 Å². The van der Waals surface area contributed by atoms with E-state index < -0.39 is 16.8 Å². The number of non-ortho nitro benzene ring substituents is 1. The number of allylic oxidation sites excluding steroid dienone is 3. The van der Waals surface area contributed by atoms with Crippen molar-refractivity contribution in [2.75, 3.05) is 13.2 Å². The zero-order chi connectivity index (χ0) is 25.1. The topological polar surface area (TPSA) is 108 Å². The van der Waals surface area contributed by atoms with Gasteiger partial charge in [-0.05, 0) is 44.2 Å². The molecule has 1 aliphatic carbocycles. The molecule has 35 heavy (non-hydrogen) atoms. The van der Waals surface area contributed by atoms with Gasteiger partial charge in [0.15, 0.2) is 5.78 Å². The fourth-order valence-corrected chi connectivity index (χ4v) is 5.51. The highest BCUT2D eigenvalue weighted by Crippen LogP contribution is 2.46. The van der Waals surface area contributed by atoms with Crippen LogP contribution in [-0.2, 0) is 19.1 Å². The smallest absolute Gasteiger partial charge is 0.336 e. The number of ketones is 1. The van der Waals surface area contributed by atoms with E-state index in [-0.39, 0.29) is 42.3 Å². The molecule has 0 fully saturated rings. The number of nitro benzene ring substituents is 1. The van der Waals surface area contributed by atoms with Crippen molar-refractivity contribution in [3.8, 4) is 0 Å². The zero-order valence-corrected chi connectivity index (χ0v) is 20.7. The minimum absolute atomic E-state index is 0.00693. The lowest BCUT2D eigenvalue weighted by Gasteiger charge is -2.36. The number of nitrogens with one attached hydrogen (secondary N) is 1. The molecule has 0 saturated carbocycles. The first-order valence-corrected chi connectivity index (χ1v) is 12.4. The molecule has 0 amide bonds. The van der Waals surface area contributed by atoms with Crippen LogP contribution in [-0.4, -0.2) is 36.0 Å². The first kappa shape index (κ1) is 24.8. The molecule has 1 aromatic carbocycles. The summed E-state index contributed by atoms with van der Waals surface area (Å²) in [6, 6.07) is 10.1. The van der Waals surface area contributed by atoms with Crippen LogP contribution in [0, 0.1) is 10.1 Å². The predicted octanol–water partition coefficient (Wildman–Crippen LogP) is 4.99. The molecule has 1 N–H and O–H groups in total. The molecule has 8 nitrogen and oxygen atoms in total. The molecule has 1 aliphatic heterocycles. The fraction of sp³-hybridized carbons (Fsp3) is 0.385. The summed E-state index contributed by atoms with van der Waals surface area (Å²) in [6.07, 6.45) is 0.942. The van der Waals surface area contributed by atoms with Crippen LogP contribution >= 0.6 is 11.3 Å². The molecular formula is C26H28N2O6S. The Labute approximate surface area is 207 Å². The quantitative estimate of drug-likeness (QED) is 0.237. The Morgan fingerprint density at radius 3 is 2.71 bits per heavy atom. The van der Waals surface area contributed by atoms with Crippen LogP contribution < -0.4 is 5.32 Å². The second-order valence-corrected chi connectivity index (χ2v) is 9.92. The summed E-state index contributed by atoms with van der Waals surface area (Å²) in [5.41, 5.74) is 2.52. The van der Waals surface area contributed by atoms with E-state index in [1.54, 1.807) is 30.4 Å². The maximum absolute atomic E-state index is 13.5. The third kappa shape index (κ3) is 5.36. The van der Waals surface area contributed by atoms with E-state index in [0.29, 0.717) is 29.7 Å².